The number of hydrogen-bond donors (Lipinski definition) is 3. The fourth-order valence-corrected chi connectivity index (χ4v) is 2.69. The van der Waals surface area contributed by atoms with Crippen molar-refractivity contribution >= 4 is 34.0 Å². The Labute approximate surface area is 114 Å². The first kappa shape index (κ1) is 12.9. The molecule has 1 aromatic rings. The van der Waals surface area contributed by atoms with Crippen molar-refractivity contribution in [3.63, 3.8) is 0 Å². The monoisotopic (exact) mass is 350 g/mol. The van der Waals surface area contributed by atoms with Gasteiger partial charge in [-0.05, 0) is 53.8 Å². The molecule has 1 fully saturated rings. The van der Waals surface area contributed by atoms with E-state index in [1.54, 1.807) is 6.07 Å². The summed E-state index contributed by atoms with van der Waals surface area (Å²) in [5.74, 6) is 0.195. The van der Waals surface area contributed by atoms with E-state index in [0.717, 1.165) is 25.8 Å². The van der Waals surface area contributed by atoms with Crippen LogP contribution < -0.4 is 11.1 Å². The first-order chi connectivity index (χ1) is 8.06. The third-order valence-corrected chi connectivity index (χ3v) is 4.01. The highest BCUT2D eigenvalue weighted by Gasteiger charge is 2.22. The summed E-state index contributed by atoms with van der Waals surface area (Å²) in [5, 5.41) is 12.6. The minimum Gasteiger partial charge on any atom is -0.397 e. The molecule has 2 atom stereocenters. The Bertz CT molecular complexity index is 414. The average Bonchev–Trinajstić information content (AvgIpc) is 2.68. The van der Waals surface area contributed by atoms with Gasteiger partial charge in [-0.1, -0.05) is 0 Å². The molecule has 5 heteroatoms. The van der Waals surface area contributed by atoms with Crippen molar-refractivity contribution < 1.29 is 9.50 Å². The second-order valence-corrected chi connectivity index (χ2v) is 5.73. The van der Waals surface area contributed by atoms with Crippen LogP contribution in [-0.4, -0.2) is 17.8 Å². The van der Waals surface area contributed by atoms with Gasteiger partial charge in [0.25, 0.3) is 0 Å². The van der Waals surface area contributed by atoms with Gasteiger partial charge in [0.2, 0.25) is 0 Å². The van der Waals surface area contributed by atoms with Gasteiger partial charge in [-0.3, -0.25) is 0 Å². The quantitative estimate of drug-likeness (QED) is 0.580. The third-order valence-electron chi connectivity index (χ3n) is 3.19. The molecule has 17 heavy (non-hydrogen) atoms. The van der Waals surface area contributed by atoms with E-state index in [2.05, 4.69) is 5.32 Å². The molecule has 1 aliphatic rings. The van der Waals surface area contributed by atoms with Gasteiger partial charge in [-0.2, -0.15) is 0 Å². The number of nitrogen functional groups attached to an aromatic ring is 1. The molecule has 0 aromatic heterocycles. The SMILES string of the molecule is Nc1cc(I)c(F)cc1NCC1CCC(O)C1. The Morgan fingerprint density at radius 2 is 2.24 bits per heavy atom. The molecule has 1 saturated carbocycles. The standard InChI is InChI=1S/C12H16FIN2O/c13-9-4-12(11(15)5-10(9)14)16-6-7-1-2-8(17)3-7/h4-5,7-8,16-17H,1-3,6,15H2. The average molecular weight is 350 g/mol. The van der Waals surface area contributed by atoms with Gasteiger partial charge in [-0.15, -0.1) is 0 Å². The lowest BCUT2D eigenvalue weighted by atomic mass is 10.1. The summed E-state index contributed by atoms with van der Waals surface area (Å²) in [6.07, 6.45) is 2.52. The zero-order valence-corrected chi connectivity index (χ0v) is 11.6. The fraction of sp³-hybridized carbons (Fsp3) is 0.500. The topological polar surface area (TPSA) is 58.3 Å². The summed E-state index contributed by atoms with van der Waals surface area (Å²) in [6, 6.07) is 3.06. The number of anilines is 2. The lowest BCUT2D eigenvalue weighted by molar-refractivity contribution is 0.178. The molecule has 0 radical (unpaired) electrons. The van der Waals surface area contributed by atoms with Gasteiger partial charge in [0.05, 0.1) is 21.0 Å². The van der Waals surface area contributed by atoms with Crippen molar-refractivity contribution in [1.29, 1.82) is 0 Å². The normalized spacial score (nSPS) is 23.9. The number of aliphatic hydroxyl groups excluding tert-OH is 1. The van der Waals surface area contributed by atoms with Crippen molar-refractivity contribution in [3.05, 3.63) is 21.5 Å². The number of halogens is 2. The maximum Gasteiger partial charge on any atom is 0.138 e. The molecule has 0 spiro atoms. The summed E-state index contributed by atoms with van der Waals surface area (Å²) >= 11 is 1.92. The van der Waals surface area contributed by atoms with Crippen LogP contribution >= 0.6 is 22.6 Å². The van der Waals surface area contributed by atoms with Crippen LogP contribution in [0.5, 0.6) is 0 Å². The predicted octanol–water partition coefficient (Wildman–Crippen LogP) is 2.59. The van der Waals surface area contributed by atoms with Gasteiger partial charge in [-0.25, -0.2) is 4.39 Å². The zero-order chi connectivity index (χ0) is 12.4. The van der Waals surface area contributed by atoms with E-state index < -0.39 is 0 Å². The molecular formula is C12H16FIN2O. The molecule has 3 nitrogen and oxygen atoms in total. The van der Waals surface area contributed by atoms with E-state index >= 15 is 0 Å². The van der Waals surface area contributed by atoms with Crippen molar-refractivity contribution in [2.24, 2.45) is 5.92 Å². The Morgan fingerprint density at radius 1 is 1.47 bits per heavy atom. The van der Waals surface area contributed by atoms with Crippen molar-refractivity contribution in [2.45, 2.75) is 25.4 Å². The van der Waals surface area contributed by atoms with Crippen molar-refractivity contribution in [1.82, 2.24) is 0 Å². The molecule has 1 aromatic carbocycles. The third kappa shape index (κ3) is 3.22. The van der Waals surface area contributed by atoms with Crippen LogP contribution in [0.25, 0.3) is 0 Å². The van der Waals surface area contributed by atoms with E-state index in [-0.39, 0.29) is 11.9 Å². The summed E-state index contributed by atoms with van der Waals surface area (Å²) in [5.41, 5.74) is 7.03. The Hall–Kier alpha value is -0.560. The molecule has 94 valence electrons. The number of aliphatic hydroxyl groups is 1. The summed E-state index contributed by atoms with van der Waals surface area (Å²) in [7, 11) is 0. The number of nitrogens with two attached hydrogens (primary N) is 1. The molecule has 1 aliphatic carbocycles. The van der Waals surface area contributed by atoms with E-state index in [1.807, 2.05) is 22.6 Å². The molecule has 0 bridgehead atoms. The van der Waals surface area contributed by atoms with E-state index in [9.17, 15) is 9.50 Å². The van der Waals surface area contributed by atoms with Crippen LogP contribution in [0.15, 0.2) is 12.1 Å². The lowest BCUT2D eigenvalue weighted by Crippen LogP contribution is -2.13. The lowest BCUT2D eigenvalue weighted by Gasteiger charge is -2.14. The van der Waals surface area contributed by atoms with Crippen LogP contribution in [0.3, 0.4) is 0 Å². The second kappa shape index (κ2) is 5.39. The minimum absolute atomic E-state index is 0.174. The fourth-order valence-electron chi connectivity index (χ4n) is 2.20. The Kier molecular flexibility index (Phi) is 4.09. The van der Waals surface area contributed by atoms with E-state index in [1.165, 1.54) is 6.07 Å². The molecular weight excluding hydrogens is 334 g/mol. The highest BCUT2D eigenvalue weighted by atomic mass is 127. The highest BCUT2D eigenvalue weighted by molar-refractivity contribution is 14.1. The van der Waals surface area contributed by atoms with Crippen LogP contribution in [0.2, 0.25) is 0 Å². The van der Waals surface area contributed by atoms with Crippen LogP contribution in [0.4, 0.5) is 15.8 Å². The van der Waals surface area contributed by atoms with Gasteiger partial charge >= 0.3 is 0 Å². The Balaban J connectivity index is 1.97. The summed E-state index contributed by atoms with van der Waals surface area (Å²) in [4.78, 5) is 0. The zero-order valence-electron chi connectivity index (χ0n) is 9.42. The number of hydrogen-bond acceptors (Lipinski definition) is 3. The largest absolute Gasteiger partial charge is 0.397 e. The number of rotatable bonds is 3. The van der Waals surface area contributed by atoms with Crippen LogP contribution in [0.1, 0.15) is 19.3 Å². The first-order valence-corrected chi connectivity index (χ1v) is 6.80. The van der Waals surface area contributed by atoms with Crippen LogP contribution in [0, 0.1) is 15.3 Å². The predicted molar refractivity (Wildman–Crippen MR) is 75.4 cm³/mol. The number of benzene rings is 1. The minimum atomic E-state index is -0.256. The highest BCUT2D eigenvalue weighted by Crippen LogP contribution is 2.28. The molecule has 0 heterocycles. The maximum atomic E-state index is 13.4. The maximum absolute atomic E-state index is 13.4. The molecule has 0 amide bonds. The van der Waals surface area contributed by atoms with E-state index in [4.69, 9.17) is 5.73 Å². The first-order valence-electron chi connectivity index (χ1n) is 5.72. The van der Waals surface area contributed by atoms with Gasteiger partial charge in [0.15, 0.2) is 0 Å². The molecule has 2 unspecified atom stereocenters. The van der Waals surface area contributed by atoms with Gasteiger partial charge in [0.1, 0.15) is 5.82 Å². The molecule has 2 rings (SSSR count). The number of nitrogens with one attached hydrogen (secondary N) is 1. The van der Waals surface area contributed by atoms with Gasteiger partial charge in [0, 0.05) is 12.6 Å². The molecule has 4 N–H and O–H groups in total. The van der Waals surface area contributed by atoms with Gasteiger partial charge < -0.3 is 16.2 Å². The van der Waals surface area contributed by atoms with E-state index in [0.29, 0.717) is 20.9 Å². The molecule has 0 saturated heterocycles. The van der Waals surface area contributed by atoms with Crippen molar-refractivity contribution in [3.8, 4) is 0 Å². The van der Waals surface area contributed by atoms with Crippen LogP contribution in [-0.2, 0) is 0 Å². The van der Waals surface area contributed by atoms with Crippen molar-refractivity contribution in [2.75, 3.05) is 17.6 Å². The summed E-state index contributed by atoms with van der Waals surface area (Å²) < 4.78 is 13.9. The smallest absolute Gasteiger partial charge is 0.138 e. The Morgan fingerprint density at radius 3 is 2.88 bits per heavy atom. The molecule has 0 aliphatic heterocycles. The second-order valence-electron chi connectivity index (χ2n) is 4.57. The summed E-state index contributed by atoms with van der Waals surface area (Å²) in [6.45, 7) is 0.737.